The molecule has 0 saturated carbocycles. The Labute approximate surface area is 184 Å². The number of fused-ring (bicyclic) bond motifs is 1. The summed E-state index contributed by atoms with van der Waals surface area (Å²) in [6.07, 6.45) is 3.27. The molecule has 3 heterocycles. The molecule has 0 aliphatic heterocycles. The number of furan rings is 1. The number of aromatic nitrogens is 3. The molecule has 0 unspecified atom stereocenters. The standard InChI is InChI=1S/C25H20N4O3/c30-16-17-6-4-9-19(12-17)27-25(31)21-13-23(18-7-2-1-3-8-18)28-24-22(21)14-26-29(24)15-20-10-5-11-32-20/h1-14,30H,15-16H2,(H,27,31). The van der Waals surface area contributed by atoms with Crippen LogP contribution in [0.4, 0.5) is 5.69 Å². The summed E-state index contributed by atoms with van der Waals surface area (Å²) in [5, 5.41) is 17.4. The average molecular weight is 424 g/mol. The Kier molecular flexibility index (Phi) is 5.23. The average Bonchev–Trinajstić information content (AvgIpc) is 3.49. The number of hydrogen-bond acceptors (Lipinski definition) is 5. The van der Waals surface area contributed by atoms with Gasteiger partial charge in [-0.05, 0) is 35.9 Å². The minimum atomic E-state index is -0.276. The maximum absolute atomic E-state index is 13.3. The van der Waals surface area contributed by atoms with Crippen molar-refractivity contribution in [2.24, 2.45) is 0 Å². The normalized spacial score (nSPS) is 11.0. The summed E-state index contributed by atoms with van der Waals surface area (Å²) in [5.41, 5.74) is 3.96. The van der Waals surface area contributed by atoms with E-state index in [0.29, 0.717) is 34.5 Å². The van der Waals surface area contributed by atoms with Gasteiger partial charge in [-0.1, -0.05) is 42.5 Å². The van der Waals surface area contributed by atoms with Crippen LogP contribution in [0.25, 0.3) is 22.3 Å². The molecule has 0 atom stereocenters. The van der Waals surface area contributed by atoms with Crippen molar-refractivity contribution in [1.29, 1.82) is 0 Å². The molecule has 7 heteroatoms. The molecule has 1 amide bonds. The van der Waals surface area contributed by atoms with Crippen molar-refractivity contribution in [2.45, 2.75) is 13.2 Å². The highest BCUT2D eigenvalue weighted by molar-refractivity contribution is 6.12. The molecule has 0 bridgehead atoms. The van der Waals surface area contributed by atoms with Crippen LogP contribution in [0.3, 0.4) is 0 Å². The van der Waals surface area contributed by atoms with E-state index in [-0.39, 0.29) is 12.5 Å². The lowest BCUT2D eigenvalue weighted by molar-refractivity contribution is 0.102. The topological polar surface area (TPSA) is 93.2 Å². The Balaban J connectivity index is 1.60. The Morgan fingerprint density at radius 2 is 1.91 bits per heavy atom. The molecule has 5 aromatic rings. The predicted molar refractivity (Wildman–Crippen MR) is 121 cm³/mol. The number of nitrogens with zero attached hydrogens (tertiary/aromatic N) is 3. The third kappa shape index (κ3) is 3.89. The highest BCUT2D eigenvalue weighted by Gasteiger charge is 2.18. The molecule has 3 aromatic heterocycles. The summed E-state index contributed by atoms with van der Waals surface area (Å²) in [7, 11) is 0. The number of carbonyl (C=O) groups is 1. The zero-order valence-electron chi connectivity index (χ0n) is 17.1. The van der Waals surface area contributed by atoms with E-state index in [1.54, 1.807) is 47.5 Å². The predicted octanol–water partition coefficient (Wildman–Crippen LogP) is 4.48. The summed E-state index contributed by atoms with van der Waals surface area (Å²) in [4.78, 5) is 18.1. The van der Waals surface area contributed by atoms with Gasteiger partial charge in [0, 0.05) is 11.3 Å². The van der Waals surface area contributed by atoms with Crippen LogP contribution in [0, 0.1) is 0 Å². The number of carbonyl (C=O) groups excluding carboxylic acids is 1. The summed E-state index contributed by atoms with van der Waals surface area (Å²) in [5.74, 6) is 0.468. The van der Waals surface area contributed by atoms with Crippen LogP contribution >= 0.6 is 0 Å². The number of pyridine rings is 1. The number of hydrogen-bond donors (Lipinski definition) is 2. The monoisotopic (exact) mass is 424 g/mol. The number of aliphatic hydroxyl groups excluding tert-OH is 1. The van der Waals surface area contributed by atoms with Gasteiger partial charge in [0.2, 0.25) is 0 Å². The Morgan fingerprint density at radius 3 is 2.69 bits per heavy atom. The SMILES string of the molecule is O=C(Nc1cccc(CO)c1)c1cc(-c2ccccc2)nc2c1cnn2Cc1ccco1. The van der Waals surface area contributed by atoms with Crippen LogP contribution in [0.15, 0.2) is 89.7 Å². The van der Waals surface area contributed by atoms with E-state index in [1.807, 2.05) is 42.5 Å². The van der Waals surface area contributed by atoms with Crippen LogP contribution in [-0.2, 0) is 13.2 Å². The van der Waals surface area contributed by atoms with E-state index >= 15 is 0 Å². The maximum atomic E-state index is 13.3. The van der Waals surface area contributed by atoms with Gasteiger partial charge in [-0.3, -0.25) is 4.79 Å². The first-order valence-corrected chi connectivity index (χ1v) is 10.2. The second kappa shape index (κ2) is 8.49. The summed E-state index contributed by atoms with van der Waals surface area (Å²) in [6, 6.07) is 22.3. The number of amides is 1. The van der Waals surface area contributed by atoms with E-state index < -0.39 is 0 Å². The number of aliphatic hydroxyl groups is 1. The van der Waals surface area contributed by atoms with Crippen molar-refractivity contribution >= 4 is 22.6 Å². The fraction of sp³-hybridized carbons (Fsp3) is 0.0800. The first-order valence-electron chi connectivity index (χ1n) is 10.2. The molecule has 2 aromatic carbocycles. The Morgan fingerprint density at radius 1 is 1.03 bits per heavy atom. The lowest BCUT2D eigenvalue weighted by atomic mass is 10.1. The molecule has 158 valence electrons. The van der Waals surface area contributed by atoms with E-state index in [0.717, 1.165) is 16.9 Å². The lowest BCUT2D eigenvalue weighted by Crippen LogP contribution is -2.13. The number of benzene rings is 2. The molecular weight excluding hydrogens is 404 g/mol. The van der Waals surface area contributed by atoms with Gasteiger partial charge in [0.05, 0.1) is 35.7 Å². The zero-order chi connectivity index (χ0) is 21.9. The molecule has 5 rings (SSSR count). The van der Waals surface area contributed by atoms with E-state index in [1.165, 1.54) is 0 Å². The third-order valence-electron chi connectivity index (χ3n) is 5.18. The highest BCUT2D eigenvalue weighted by atomic mass is 16.3. The minimum absolute atomic E-state index is 0.0963. The fourth-order valence-electron chi connectivity index (χ4n) is 3.60. The van der Waals surface area contributed by atoms with Gasteiger partial charge in [-0.25, -0.2) is 9.67 Å². The van der Waals surface area contributed by atoms with Crippen molar-refractivity contribution in [1.82, 2.24) is 14.8 Å². The van der Waals surface area contributed by atoms with E-state index in [4.69, 9.17) is 9.40 Å². The van der Waals surface area contributed by atoms with Gasteiger partial charge < -0.3 is 14.8 Å². The summed E-state index contributed by atoms with van der Waals surface area (Å²) >= 11 is 0. The second-order valence-electron chi connectivity index (χ2n) is 7.35. The van der Waals surface area contributed by atoms with Crippen molar-refractivity contribution < 1.29 is 14.3 Å². The van der Waals surface area contributed by atoms with Gasteiger partial charge in [-0.15, -0.1) is 0 Å². The fourth-order valence-corrected chi connectivity index (χ4v) is 3.60. The van der Waals surface area contributed by atoms with Crippen molar-refractivity contribution in [2.75, 3.05) is 5.32 Å². The molecule has 0 aliphatic rings. The van der Waals surface area contributed by atoms with Gasteiger partial charge in [-0.2, -0.15) is 5.10 Å². The van der Waals surface area contributed by atoms with Crippen molar-refractivity contribution in [3.63, 3.8) is 0 Å². The van der Waals surface area contributed by atoms with Crippen LogP contribution in [0.2, 0.25) is 0 Å². The van der Waals surface area contributed by atoms with Crippen molar-refractivity contribution in [3.05, 3.63) is 102 Å². The first kappa shape index (κ1) is 19.7. The zero-order valence-corrected chi connectivity index (χ0v) is 17.1. The summed E-state index contributed by atoms with van der Waals surface area (Å²) < 4.78 is 7.19. The van der Waals surface area contributed by atoms with Crippen LogP contribution in [-0.4, -0.2) is 25.8 Å². The van der Waals surface area contributed by atoms with Gasteiger partial charge in [0.15, 0.2) is 5.65 Å². The second-order valence-corrected chi connectivity index (χ2v) is 7.35. The number of rotatable bonds is 6. The maximum Gasteiger partial charge on any atom is 0.256 e. The Hall–Kier alpha value is -4.23. The van der Waals surface area contributed by atoms with Crippen LogP contribution < -0.4 is 5.32 Å². The van der Waals surface area contributed by atoms with E-state index in [9.17, 15) is 9.90 Å². The molecule has 2 N–H and O–H groups in total. The Bertz CT molecular complexity index is 1380. The first-order chi connectivity index (χ1) is 15.7. The van der Waals surface area contributed by atoms with Gasteiger partial charge >= 0.3 is 0 Å². The molecule has 0 aliphatic carbocycles. The highest BCUT2D eigenvalue weighted by Crippen LogP contribution is 2.26. The molecule has 0 radical (unpaired) electrons. The van der Waals surface area contributed by atoms with Crippen LogP contribution in [0.5, 0.6) is 0 Å². The largest absolute Gasteiger partial charge is 0.467 e. The van der Waals surface area contributed by atoms with Crippen molar-refractivity contribution in [3.8, 4) is 11.3 Å². The third-order valence-corrected chi connectivity index (χ3v) is 5.18. The molecule has 32 heavy (non-hydrogen) atoms. The van der Waals surface area contributed by atoms with Gasteiger partial charge in [0.1, 0.15) is 12.3 Å². The molecule has 0 spiro atoms. The van der Waals surface area contributed by atoms with Crippen LogP contribution in [0.1, 0.15) is 21.7 Å². The minimum Gasteiger partial charge on any atom is -0.467 e. The molecule has 0 fully saturated rings. The van der Waals surface area contributed by atoms with Gasteiger partial charge in [0.25, 0.3) is 5.91 Å². The lowest BCUT2D eigenvalue weighted by Gasteiger charge is -2.10. The van der Waals surface area contributed by atoms with E-state index in [2.05, 4.69) is 10.4 Å². The molecular formula is C25H20N4O3. The smallest absolute Gasteiger partial charge is 0.256 e. The summed E-state index contributed by atoms with van der Waals surface area (Å²) in [6.45, 7) is 0.308. The molecule has 0 saturated heterocycles. The quantitative estimate of drug-likeness (QED) is 0.419. The number of nitrogens with one attached hydrogen (secondary N) is 1. The number of anilines is 1. The molecule has 7 nitrogen and oxygen atoms in total.